The molecule has 1 N–H and O–H groups in total. The second-order valence-corrected chi connectivity index (χ2v) is 5.77. The van der Waals surface area contributed by atoms with Crippen molar-refractivity contribution in [1.29, 1.82) is 0 Å². The highest BCUT2D eigenvalue weighted by molar-refractivity contribution is 5.97. The highest BCUT2D eigenvalue weighted by Gasteiger charge is 2.30. The number of hydrogen-bond acceptors (Lipinski definition) is 4. The Kier molecular flexibility index (Phi) is 7.35. The van der Waals surface area contributed by atoms with Crippen molar-refractivity contribution < 1.29 is 14.3 Å². The highest BCUT2D eigenvalue weighted by atomic mass is 16.5. The topological polar surface area (TPSA) is 50.8 Å². The van der Waals surface area contributed by atoms with Crippen molar-refractivity contribution in [2.45, 2.75) is 32.3 Å². The lowest BCUT2D eigenvalue weighted by Crippen LogP contribution is -2.41. The molecule has 0 radical (unpaired) electrons. The van der Waals surface area contributed by atoms with Gasteiger partial charge >= 0.3 is 0 Å². The van der Waals surface area contributed by atoms with Crippen molar-refractivity contribution in [3.63, 3.8) is 0 Å². The summed E-state index contributed by atoms with van der Waals surface area (Å²) in [5.41, 5.74) is -0.0659. The monoisotopic (exact) mass is 308 g/mol. The van der Waals surface area contributed by atoms with E-state index in [4.69, 9.17) is 9.47 Å². The zero-order valence-electron chi connectivity index (χ0n) is 14.3. The van der Waals surface area contributed by atoms with Gasteiger partial charge in [0.2, 0.25) is 0 Å². The zero-order chi connectivity index (χ0) is 16.6. The normalized spacial score (nSPS) is 13.7. The van der Waals surface area contributed by atoms with Crippen LogP contribution in [0.5, 0.6) is 5.75 Å². The number of methoxy groups -OCH3 is 1. The van der Waals surface area contributed by atoms with Crippen LogP contribution >= 0.6 is 0 Å². The summed E-state index contributed by atoms with van der Waals surface area (Å²) in [7, 11) is 5.64. The number of nitrogens with zero attached hydrogens (tertiary/aromatic N) is 1. The molecule has 0 saturated carbocycles. The van der Waals surface area contributed by atoms with Crippen LogP contribution in [-0.2, 0) is 9.53 Å². The van der Waals surface area contributed by atoms with Crippen molar-refractivity contribution in [1.82, 2.24) is 4.90 Å². The molecule has 1 rings (SSSR count). The van der Waals surface area contributed by atoms with E-state index in [0.29, 0.717) is 13.0 Å². The fourth-order valence-electron chi connectivity index (χ4n) is 1.87. The van der Waals surface area contributed by atoms with Crippen LogP contribution in [0.15, 0.2) is 24.3 Å². The van der Waals surface area contributed by atoms with Gasteiger partial charge in [-0.3, -0.25) is 4.79 Å². The predicted octanol–water partition coefficient (Wildman–Crippen LogP) is 2.77. The fourth-order valence-corrected chi connectivity index (χ4v) is 1.87. The number of hydrogen-bond donors (Lipinski definition) is 1. The molecule has 0 aliphatic carbocycles. The van der Waals surface area contributed by atoms with E-state index >= 15 is 0 Å². The Morgan fingerprint density at radius 2 is 1.91 bits per heavy atom. The van der Waals surface area contributed by atoms with Gasteiger partial charge in [0.15, 0.2) is 0 Å². The molecule has 1 unspecified atom stereocenters. The second-order valence-electron chi connectivity index (χ2n) is 5.77. The molecule has 0 bridgehead atoms. The molecule has 5 heteroatoms. The molecule has 1 atom stereocenters. The third kappa shape index (κ3) is 5.66. The molecule has 0 aromatic heterocycles. The molecule has 0 fully saturated rings. The molecule has 1 amide bonds. The largest absolute Gasteiger partial charge is 0.494 e. The van der Waals surface area contributed by atoms with Crippen molar-refractivity contribution in [2.24, 2.45) is 0 Å². The molecule has 0 spiro atoms. The van der Waals surface area contributed by atoms with Gasteiger partial charge in [-0.2, -0.15) is 0 Å². The van der Waals surface area contributed by atoms with E-state index in [1.54, 1.807) is 14.0 Å². The SMILES string of the molecule is CCC(C)(OC)C(=O)Nc1ccc(OCCCN(C)C)cc1. The average Bonchev–Trinajstić information content (AvgIpc) is 2.52. The van der Waals surface area contributed by atoms with Gasteiger partial charge < -0.3 is 19.7 Å². The van der Waals surface area contributed by atoms with Gasteiger partial charge in [-0.15, -0.1) is 0 Å². The van der Waals surface area contributed by atoms with Crippen LogP contribution < -0.4 is 10.1 Å². The molecule has 0 aliphatic rings. The van der Waals surface area contributed by atoms with Crippen molar-refractivity contribution in [3.8, 4) is 5.75 Å². The first-order valence-electron chi connectivity index (χ1n) is 7.65. The number of carbonyl (C=O) groups excluding carboxylic acids is 1. The number of benzene rings is 1. The standard InChI is InChI=1S/C17H28N2O3/c1-6-17(2,21-5)16(20)18-14-8-10-15(11-9-14)22-13-7-12-19(3)4/h8-11H,6-7,12-13H2,1-5H3,(H,18,20). The summed E-state index contributed by atoms with van der Waals surface area (Å²) < 4.78 is 11.0. The quantitative estimate of drug-likeness (QED) is 0.713. The van der Waals surface area contributed by atoms with Crippen molar-refractivity contribution >= 4 is 11.6 Å². The van der Waals surface area contributed by atoms with E-state index in [1.807, 2.05) is 45.3 Å². The Morgan fingerprint density at radius 3 is 2.41 bits per heavy atom. The van der Waals surface area contributed by atoms with Crippen LogP contribution in [-0.4, -0.2) is 50.8 Å². The number of ether oxygens (including phenoxy) is 2. The summed E-state index contributed by atoms with van der Waals surface area (Å²) in [5, 5.41) is 2.87. The summed E-state index contributed by atoms with van der Waals surface area (Å²) in [4.78, 5) is 14.3. The third-order valence-corrected chi connectivity index (χ3v) is 3.74. The van der Waals surface area contributed by atoms with Crippen LogP contribution in [0, 0.1) is 0 Å². The number of amides is 1. The van der Waals surface area contributed by atoms with Gasteiger partial charge in [0.1, 0.15) is 11.4 Å². The average molecular weight is 308 g/mol. The number of anilines is 1. The zero-order valence-corrected chi connectivity index (χ0v) is 14.3. The molecule has 0 aliphatic heterocycles. The maximum absolute atomic E-state index is 12.2. The van der Waals surface area contributed by atoms with Crippen LogP contribution in [0.4, 0.5) is 5.69 Å². The molecule has 124 valence electrons. The molecule has 1 aromatic carbocycles. The Hall–Kier alpha value is -1.59. The summed E-state index contributed by atoms with van der Waals surface area (Å²) >= 11 is 0. The van der Waals surface area contributed by atoms with Crippen LogP contribution in [0.25, 0.3) is 0 Å². The van der Waals surface area contributed by atoms with Gasteiger partial charge in [0, 0.05) is 19.3 Å². The van der Waals surface area contributed by atoms with E-state index in [-0.39, 0.29) is 5.91 Å². The van der Waals surface area contributed by atoms with Gasteiger partial charge in [0.25, 0.3) is 5.91 Å². The molecule has 0 saturated heterocycles. The van der Waals surface area contributed by atoms with E-state index in [2.05, 4.69) is 10.2 Å². The first-order valence-corrected chi connectivity index (χ1v) is 7.65. The van der Waals surface area contributed by atoms with Crippen LogP contribution in [0.1, 0.15) is 26.7 Å². The Bertz CT molecular complexity index is 453. The summed E-state index contributed by atoms with van der Waals surface area (Å²) in [5.74, 6) is 0.666. The first kappa shape index (κ1) is 18.5. The lowest BCUT2D eigenvalue weighted by atomic mass is 10.0. The minimum Gasteiger partial charge on any atom is -0.494 e. The lowest BCUT2D eigenvalue weighted by Gasteiger charge is -2.25. The molecule has 0 heterocycles. The second kappa shape index (κ2) is 8.76. The number of carbonyl (C=O) groups is 1. The fraction of sp³-hybridized carbons (Fsp3) is 0.588. The van der Waals surface area contributed by atoms with Crippen molar-refractivity contribution in [3.05, 3.63) is 24.3 Å². The first-order chi connectivity index (χ1) is 10.4. The van der Waals surface area contributed by atoms with Gasteiger partial charge in [-0.1, -0.05) is 6.92 Å². The van der Waals surface area contributed by atoms with E-state index in [0.717, 1.165) is 24.4 Å². The summed E-state index contributed by atoms with van der Waals surface area (Å²) in [6.45, 7) is 5.39. The Balaban J connectivity index is 2.49. The predicted molar refractivity (Wildman–Crippen MR) is 89.4 cm³/mol. The van der Waals surface area contributed by atoms with Gasteiger partial charge in [-0.25, -0.2) is 0 Å². The maximum atomic E-state index is 12.2. The van der Waals surface area contributed by atoms with Crippen LogP contribution in [0.2, 0.25) is 0 Å². The smallest absolute Gasteiger partial charge is 0.256 e. The van der Waals surface area contributed by atoms with E-state index < -0.39 is 5.60 Å². The molecule has 5 nitrogen and oxygen atoms in total. The highest BCUT2D eigenvalue weighted by Crippen LogP contribution is 2.20. The van der Waals surface area contributed by atoms with Crippen molar-refractivity contribution in [2.75, 3.05) is 39.7 Å². The number of rotatable bonds is 9. The summed E-state index contributed by atoms with van der Waals surface area (Å²) in [6.07, 6.45) is 1.59. The molecular formula is C17H28N2O3. The lowest BCUT2D eigenvalue weighted by molar-refractivity contribution is -0.136. The Labute approximate surface area is 133 Å². The third-order valence-electron chi connectivity index (χ3n) is 3.74. The van der Waals surface area contributed by atoms with E-state index in [1.165, 1.54) is 0 Å². The minimum atomic E-state index is -0.804. The molecular weight excluding hydrogens is 280 g/mol. The van der Waals surface area contributed by atoms with Gasteiger partial charge in [0.05, 0.1) is 6.61 Å². The number of nitrogens with one attached hydrogen (secondary N) is 1. The van der Waals surface area contributed by atoms with E-state index in [9.17, 15) is 4.79 Å². The maximum Gasteiger partial charge on any atom is 0.256 e. The van der Waals surface area contributed by atoms with Gasteiger partial charge in [-0.05, 0) is 58.1 Å². The summed E-state index contributed by atoms with van der Waals surface area (Å²) in [6, 6.07) is 7.40. The minimum absolute atomic E-state index is 0.142. The Morgan fingerprint density at radius 1 is 1.27 bits per heavy atom. The molecule has 22 heavy (non-hydrogen) atoms. The molecule has 1 aromatic rings. The van der Waals surface area contributed by atoms with Crippen LogP contribution in [0.3, 0.4) is 0 Å².